The zero-order valence-electron chi connectivity index (χ0n) is 10.9. The minimum Gasteiger partial charge on any atom is -0.380 e. The monoisotopic (exact) mass is 317 g/mol. The zero-order valence-corrected chi connectivity index (χ0v) is 11.7. The normalized spacial score (nSPS) is 11.5. The predicted octanol–water partition coefficient (Wildman–Crippen LogP) is 4.04. The molecule has 0 unspecified atom stereocenters. The summed E-state index contributed by atoms with van der Waals surface area (Å²) in [6.07, 6.45) is -4.59. The predicted molar refractivity (Wildman–Crippen MR) is 72.5 cm³/mol. The Morgan fingerprint density at radius 1 is 1.24 bits per heavy atom. The van der Waals surface area contributed by atoms with Gasteiger partial charge in [-0.25, -0.2) is 9.97 Å². The molecule has 0 aliphatic carbocycles. The first-order valence-electron chi connectivity index (χ1n) is 5.86. The molecule has 8 heteroatoms. The van der Waals surface area contributed by atoms with Gasteiger partial charge in [0, 0.05) is 24.4 Å². The number of rotatable bonds is 4. The van der Waals surface area contributed by atoms with Crippen LogP contribution in [0.15, 0.2) is 30.3 Å². The van der Waals surface area contributed by atoms with Crippen LogP contribution in [0.25, 0.3) is 0 Å². The van der Waals surface area contributed by atoms with Crippen LogP contribution in [-0.2, 0) is 17.5 Å². The number of hydrogen-bond acceptors (Lipinski definition) is 4. The number of aromatic nitrogens is 2. The molecule has 1 aromatic carbocycles. The van der Waals surface area contributed by atoms with Crippen LogP contribution in [0.2, 0.25) is 5.28 Å². The molecule has 1 heterocycles. The van der Waals surface area contributed by atoms with Crippen LogP contribution in [-0.4, -0.2) is 17.1 Å². The number of nitrogens with zero attached hydrogens (tertiary/aromatic N) is 2. The van der Waals surface area contributed by atoms with Gasteiger partial charge in [-0.1, -0.05) is 18.2 Å². The van der Waals surface area contributed by atoms with Crippen molar-refractivity contribution in [1.29, 1.82) is 0 Å². The Morgan fingerprint density at radius 2 is 1.95 bits per heavy atom. The maximum atomic E-state index is 12.7. The number of methoxy groups -OCH3 is 1. The van der Waals surface area contributed by atoms with E-state index in [9.17, 15) is 13.2 Å². The molecule has 0 spiro atoms. The third-order valence-electron chi connectivity index (χ3n) is 2.57. The summed E-state index contributed by atoms with van der Waals surface area (Å²) in [5.74, 6) is -0.0362. The highest BCUT2D eigenvalue weighted by molar-refractivity contribution is 6.28. The summed E-state index contributed by atoms with van der Waals surface area (Å²) in [4.78, 5) is 6.92. The van der Waals surface area contributed by atoms with E-state index in [2.05, 4.69) is 15.3 Å². The molecule has 21 heavy (non-hydrogen) atoms. The maximum absolute atomic E-state index is 12.7. The lowest BCUT2D eigenvalue weighted by Crippen LogP contribution is -2.10. The highest BCUT2D eigenvalue weighted by Crippen LogP contribution is 2.30. The van der Waals surface area contributed by atoms with E-state index in [1.165, 1.54) is 7.11 Å². The van der Waals surface area contributed by atoms with Gasteiger partial charge in [0.15, 0.2) is 5.69 Å². The van der Waals surface area contributed by atoms with Crippen LogP contribution < -0.4 is 5.32 Å². The molecule has 0 bridgehead atoms. The van der Waals surface area contributed by atoms with Crippen molar-refractivity contribution >= 4 is 23.1 Å². The van der Waals surface area contributed by atoms with Gasteiger partial charge in [-0.05, 0) is 17.7 Å². The fourth-order valence-corrected chi connectivity index (χ4v) is 1.87. The summed E-state index contributed by atoms with van der Waals surface area (Å²) in [7, 11) is 1.53. The van der Waals surface area contributed by atoms with E-state index in [-0.39, 0.29) is 5.82 Å². The van der Waals surface area contributed by atoms with Gasteiger partial charge in [0.1, 0.15) is 5.82 Å². The maximum Gasteiger partial charge on any atom is 0.433 e. The van der Waals surface area contributed by atoms with E-state index in [0.717, 1.165) is 11.6 Å². The van der Waals surface area contributed by atoms with Crippen LogP contribution in [0.1, 0.15) is 11.3 Å². The van der Waals surface area contributed by atoms with E-state index < -0.39 is 17.2 Å². The van der Waals surface area contributed by atoms with Crippen molar-refractivity contribution in [3.05, 3.63) is 46.9 Å². The molecule has 0 aliphatic rings. The molecule has 2 rings (SSSR count). The van der Waals surface area contributed by atoms with Crippen LogP contribution in [0.5, 0.6) is 0 Å². The lowest BCUT2D eigenvalue weighted by molar-refractivity contribution is -0.141. The summed E-state index contributed by atoms with van der Waals surface area (Å²) >= 11 is 5.54. The van der Waals surface area contributed by atoms with Gasteiger partial charge in [-0.15, -0.1) is 0 Å². The summed E-state index contributed by atoms with van der Waals surface area (Å²) in [6.45, 7) is 0.314. The summed E-state index contributed by atoms with van der Waals surface area (Å²) in [5.41, 5.74) is 0.264. The van der Waals surface area contributed by atoms with Gasteiger partial charge in [0.2, 0.25) is 5.28 Å². The number of benzene rings is 1. The molecule has 4 nitrogen and oxygen atoms in total. The minimum absolute atomic E-state index is 0.0362. The van der Waals surface area contributed by atoms with Gasteiger partial charge in [0.25, 0.3) is 0 Å². The Kier molecular flexibility index (Phi) is 4.64. The van der Waals surface area contributed by atoms with Crippen molar-refractivity contribution in [2.45, 2.75) is 12.8 Å². The molecular weight excluding hydrogens is 307 g/mol. The van der Waals surface area contributed by atoms with Crippen LogP contribution >= 0.6 is 11.6 Å². The van der Waals surface area contributed by atoms with Gasteiger partial charge < -0.3 is 10.1 Å². The van der Waals surface area contributed by atoms with Crippen LogP contribution in [0.4, 0.5) is 24.7 Å². The number of nitrogens with one attached hydrogen (secondary N) is 1. The number of halogens is 4. The lowest BCUT2D eigenvalue weighted by Gasteiger charge is -2.12. The third kappa shape index (κ3) is 4.05. The smallest absolute Gasteiger partial charge is 0.380 e. The van der Waals surface area contributed by atoms with E-state index in [1.54, 1.807) is 24.3 Å². The molecule has 0 fully saturated rings. The van der Waals surface area contributed by atoms with Crippen LogP contribution in [0.3, 0.4) is 0 Å². The minimum atomic E-state index is -4.59. The second-order valence-electron chi connectivity index (χ2n) is 4.12. The van der Waals surface area contributed by atoms with Crippen molar-refractivity contribution in [3.8, 4) is 0 Å². The fourth-order valence-electron chi connectivity index (χ4n) is 1.69. The Balaban J connectivity index is 2.34. The third-order valence-corrected chi connectivity index (χ3v) is 2.74. The first-order chi connectivity index (χ1) is 9.90. The Bertz CT molecular complexity index is 634. The number of hydrogen-bond donors (Lipinski definition) is 1. The molecule has 112 valence electrons. The van der Waals surface area contributed by atoms with Crippen LogP contribution in [0, 0.1) is 0 Å². The summed E-state index contributed by atoms with van der Waals surface area (Å²) in [6, 6.07) is 7.84. The van der Waals surface area contributed by atoms with Gasteiger partial charge in [-0.3, -0.25) is 0 Å². The Hall–Kier alpha value is -1.86. The molecular formula is C13H11ClF3N3O. The second-order valence-corrected chi connectivity index (χ2v) is 4.46. The molecule has 1 aromatic heterocycles. The molecule has 0 amide bonds. The van der Waals surface area contributed by atoms with Crippen molar-refractivity contribution in [3.63, 3.8) is 0 Å². The quantitative estimate of drug-likeness (QED) is 0.865. The molecule has 1 N–H and O–H groups in total. The highest BCUT2D eigenvalue weighted by atomic mass is 35.5. The first-order valence-corrected chi connectivity index (χ1v) is 6.23. The fraction of sp³-hybridized carbons (Fsp3) is 0.231. The Labute approximate surface area is 123 Å². The lowest BCUT2D eigenvalue weighted by atomic mass is 10.2. The molecule has 2 aromatic rings. The molecule has 0 aliphatic heterocycles. The first kappa shape index (κ1) is 15.5. The van der Waals surface area contributed by atoms with E-state index >= 15 is 0 Å². The largest absolute Gasteiger partial charge is 0.433 e. The summed E-state index contributed by atoms with van der Waals surface area (Å²) in [5, 5.41) is 2.32. The standard InChI is InChI=1S/C13H11ClF3N3O/c1-21-7-8-4-2-3-5-9(8)18-11-6-10(13(15,16)17)19-12(14)20-11/h2-6H,7H2,1H3,(H,18,19,20). The molecule has 0 saturated heterocycles. The average molecular weight is 318 g/mol. The van der Waals surface area contributed by atoms with Gasteiger partial charge in [-0.2, -0.15) is 13.2 Å². The number of anilines is 2. The van der Waals surface area contributed by atoms with E-state index in [4.69, 9.17) is 16.3 Å². The Morgan fingerprint density at radius 3 is 2.62 bits per heavy atom. The topological polar surface area (TPSA) is 47.0 Å². The van der Waals surface area contributed by atoms with E-state index in [1.807, 2.05) is 0 Å². The number of para-hydroxylation sites is 1. The number of ether oxygens (including phenoxy) is 1. The van der Waals surface area contributed by atoms with E-state index in [0.29, 0.717) is 12.3 Å². The molecule has 0 saturated carbocycles. The number of alkyl halides is 3. The summed E-state index contributed by atoms with van der Waals surface area (Å²) < 4.78 is 43.1. The van der Waals surface area contributed by atoms with Crippen molar-refractivity contribution in [1.82, 2.24) is 9.97 Å². The molecule has 0 atom stereocenters. The second kappa shape index (κ2) is 6.28. The zero-order chi connectivity index (χ0) is 15.5. The van der Waals surface area contributed by atoms with Crippen molar-refractivity contribution < 1.29 is 17.9 Å². The van der Waals surface area contributed by atoms with Crippen molar-refractivity contribution in [2.24, 2.45) is 0 Å². The van der Waals surface area contributed by atoms with Gasteiger partial charge >= 0.3 is 6.18 Å². The molecule has 0 radical (unpaired) electrons. The highest BCUT2D eigenvalue weighted by Gasteiger charge is 2.33. The van der Waals surface area contributed by atoms with Crippen molar-refractivity contribution in [2.75, 3.05) is 12.4 Å². The van der Waals surface area contributed by atoms with Gasteiger partial charge in [0.05, 0.1) is 6.61 Å². The SMILES string of the molecule is COCc1ccccc1Nc1cc(C(F)(F)F)nc(Cl)n1. The average Bonchev–Trinajstić information content (AvgIpc) is 2.40.